The van der Waals surface area contributed by atoms with Crippen molar-refractivity contribution in [1.82, 2.24) is 0 Å². The van der Waals surface area contributed by atoms with Crippen LogP contribution in [0.2, 0.25) is 0 Å². The molecule has 0 amide bonds. The summed E-state index contributed by atoms with van der Waals surface area (Å²) in [5.74, 6) is -0.368. The fourth-order valence-corrected chi connectivity index (χ4v) is 1.45. The average Bonchev–Trinajstić information content (AvgIpc) is 2.41. The molecule has 1 aromatic carbocycles. The van der Waals surface area contributed by atoms with Crippen LogP contribution in [0, 0.1) is 0 Å². The highest BCUT2D eigenvalue weighted by molar-refractivity contribution is 5.85. The summed E-state index contributed by atoms with van der Waals surface area (Å²) < 4.78 is 10.2. The lowest BCUT2D eigenvalue weighted by atomic mass is 10.1. The highest BCUT2D eigenvalue weighted by Crippen LogP contribution is 2.04. The summed E-state index contributed by atoms with van der Waals surface area (Å²) in [6.07, 6.45) is 2.58. The van der Waals surface area contributed by atoms with E-state index in [0.717, 1.165) is 19.3 Å². The van der Waals surface area contributed by atoms with E-state index in [4.69, 9.17) is 9.47 Å². The van der Waals surface area contributed by atoms with Gasteiger partial charge in [0.05, 0.1) is 13.2 Å². The third kappa shape index (κ3) is 5.53. The number of esters is 1. The lowest BCUT2D eigenvalue weighted by Crippen LogP contribution is -2.11. The van der Waals surface area contributed by atoms with E-state index < -0.39 is 5.97 Å². The number of carbonyl (C=O) groups is 1. The Kier molecular flexibility index (Phi) is 6.62. The summed E-state index contributed by atoms with van der Waals surface area (Å²) in [5, 5.41) is 0. The Morgan fingerprint density at radius 3 is 2.56 bits per heavy atom. The molecule has 0 aliphatic rings. The predicted octanol–water partition coefficient (Wildman–Crippen LogP) is 3.10. The minimum atomic E-state index is -0.462. The van der Waals surface area contributed by atoms with Crippen molar-refractivity contribution in [2.45, 2.75) is 26.2 Å². The first kappa shape index (κ1) is 14.3. The Bertz CT molecular complexity index is 371. The zero-order valence-electron chi connectivity index (χ0n) is 10.9. The minimum absolute atomic E-state index is 0.0940. The molecule has 1 aromatic rings. The van der Waals surface area contributed by atoms with Crippen LogP contribution in [0.3, 0.4) is 0 Å². The molecular weight excluding hydrogens is 228 g/mol. The van der Waals surface area contributed by atoms with E-state index in [1.807, 2.05) is 25.1 Å². The smallest absolute Gasteiger partial charge is 0.372 e. The van der Waals surface area contributed by atoms with Crippen LogP contribution in [0.25, 0.3) is 0 Å². The zero-order valence-corrected chi connectivity index (χ0v) is 10.9. The third-order valence-electron chi connectivity index (χ3n) is 2.39. The van der Waals surface area contributed by atoms with Crippen LogP contribution < -0.4 is 0 Å². The Morgan fingerprint density at radius 1 is 1.17 bits per heavy atom. The number of carbonyl (C=O) groups excluding carboxylic acids is 1. The van der Waals surface area contributed by atoms with Gasteiger partial charge >= 0.3 is 5.97 Å². The summed E-state index contributed by atoms with van der Waals surface area (Å²) >= 11 is 0. The Morgan fingerprint density at radius 2 is 1.89 bits per heavy atom. The molecule has 18 heavy (non-hydrogen) atoms. The summed E-state index contributed by atoms with van der Waals surface area (Å²) in [5.41, 5.74) is 1.26. The number of benzene rings is 1. The van der Waals surface area contributed by atoms with E-state index in [0.29, 0.717) is 13.2 Å². The molecule has 0 fully saturated rings. The maximum Gasteiger partial charge on any atom is 0.372 e. The zero-order chi connectivity index (χ0) is 13.2. The maximum atomic E-state index is 11.3. The minimum Gasteiger partial charge on any atom is -0.487 e. The van der Waals surface area contributed by atoms with Crippen molar-refractivity contribution < 1.29 is 14.3 Å². The molecule has 98 valence electrons. The fraction of sp³-hybridized carbons (Fsp3) is 0.400. The predicted molar refractivity (Wildman–Crippen MR) is 71.1 cm³/mol. The molecule has 3 nitrogen and oxygen atoms in total. The van der Waals surface area contributed by atoms with Gasteiger partial charge in [-0.25, -0.2) is 4.79 Å². The van der Waals surface area contributed by atoms with Crippen LogP contribution in [-0.4, -0.2) is 19.2 Å². The normalized spacial score (nSPS) is 9.83. The highest BCUT2D eigenvalue weighted by atomic mass is 16.6. The van der Waals surface area contributed by atoms with Crippen LogP contribution >= 0.6 is 0 Å². The fourth-order valence-electron chi connectivity index (χ4n) is 1.45. The molecule has 1 rings (SSSR count). The van der Waals surface area contributed by atoms with Crippen molar-refractivity contribution in [1.29, 1.82) is 0 Å². The molecule has 3 heteroatoms. The van der Waals surface area contributed by atoms with Gasteiger partial charge in [-0.1, -0.05) is 37.3 Å². The van der Waals surface area contributed by atoms with Crippen LogP contribution in [0.4, 0.5) is 0 Å². The van der Waals surface area contributed by atoms with Gasteiger partial charge in [0.15, 0.2) is 5.76 Å². The largest absolute Gasteiger partial charge is 0.487 e. The van der Waals surface area contributed by atoms with Gasteiger partial charge in [0, 0.05) is 0 Å². The molecule has 0 heterocycles. The van der Waals surface area contributed by atoms with Gasteiger partial charge in [-0.3, -0.25) is 0 Å². The van der Waals surface area contributed by atoms with Crippen LogP contribution in [-0.2, 0) is 20.7 Å². The SMILES string of the molecule is C=C(OCCCc1ccccc1)C(=O)OCCC. The Labute approximate surface area is 108 Å². The van der Waals surface area contributed by atoms with E-state index in [-0.39, 0.29) is 5.76 Å². The second kappa shape index (κ2) is 8.34. The topological polar surface area (TPSA) is 35.5 Å². The number of hydrogen-bond donors (Lipinski definition) is 0. The molecule has 0 aromatic heterocycles. The molecule has 0 unspecified atom stereocenters. The maximum absolute atomic E-state index is 11.3. The van der Waals surface area contributed by atoms with Gasteiger partial charge in [-0.05, 0) is 31.4 Å². The van der Waals surface area contributed by atoms with Crippen molar-refractivity contribution in [3.8, 4) is 0 Å². The molecule has 0 bridgehead atoms. The van der Waals surface area contributed by atoms with Gasteiger partial charge in [-0.2, -0.15) is 0 Å². The summed E-state index contributed by atoms with van der Waals surface area (Å²) in [6, 6.07) is 10.2. The van der Waals surface area contributed by atoms with E-state index in [9.17, 15) is 4.79 Å². The first-order chi connectivity index (χ1) is 8.74. The summed E-state index contributed by atoms with van der Waals surface area (Å²) in [6.45, 7) is 6.39. The van der Waals surface area contributed by atoms with Crippen LogP contribution in [0.1, 0.15) is 25.3 Å². The van der Waals surface area contributed by atoms with Crippen molar-refractivity contribution >= 4 is 5.97 Å². The molecule has 0 aliphatic heterocycles. The number of rotatable bonds is 8. The Balaban J connectivity index is 2.14. The second-order valence-corrected chi connectivity index (χ2v) is 4.00. The lowest BCUT2D eigenvalue weighted by Gasteiger charge is -2.08. The van der Waals surface area contributed by atoms with E-state index in [1.165, 1.54) is 5.56 Å². The van der Waals surface area contributed by atoms with Gasteiger partial charge in [0.25, 0.3) is 0 Å². The summed E-state index contributed by atoms with van der Waals surface area (Å²) in [7, 11) is 0. The molecule has 0 aliphatic carbocycles. The van der Waals surface area contributed by atoms with Gasteiger partial charge in [0.2, 0.25) is 0 Å². The molecule has 0 N–H and O–H groups in total. The average molecular weight is 248 g/mol. The quantitative estimate of drug-likeness (QED) is 0.307. The van der Waals surface area contributed by atoms with Crippen molar-refractivity contribution in [3.63, 3.8) is 0 Å². The van der Waals surface area contributed by atoms with E-state index >= 15 is 0 Å². The molecule has 0 spiro atoms. The first-order valence-electron chi connectivity index (χ1n) is 6.26. The number of aryl methyl sites for hydroxylation is 1. The van der Waals surface area contributed by atoms with Crippen molar-refractivity contribution in [3.05, 3.63) is 48.2 Å². The monoisotopic (exact) mass is 248 g/mol. The molecule has 0 saturated heterocycles. The van der Waals surface area contributed by atoms with Crippen molar-refractivity contribution in [2.24, 2.45) is 0 Å². The Hall–Kier alpha value is -1.77. The van der Waals surface area contributed by atoms with Crippen molar-refractivity contribution in [2.75, 3.05) is 13.2 Å². The standard InChI is InChI=1S/C15H20O3/c1-3-11-18-15(16)13(2)17-12-7-10-14-8-5-4-6-9-14/h4-6,8-9H,2-3,7,10-12H2,1H3. The summed E-state index contributed by atoms with van der Waals surface area (Å²) in [4.78, 5) is 11.3. The van der Waals surface area contributed by atoms with Gasteiger partial charge in [0.1, 0.15) is 0 Å². The molecule has 0 saturated carbocycles. The molecule has 0 radical (unpaired) electrons. The van der Waals surface area contributed by atoms with Gasteiger partial charge in [-0.15, -0.1) is 0 Å². The third-order valence-corrected chi connectivity index (χ3v) is 2.39. The van der Waals surface area contributed by atoms with Crippen LogP contribution in [0.15, 0.2) is 42.7 Å². The molecular formula is C15H20O3. The van der Waals surface area contributed by atoms with E-state index in [1.54, 1.807) is 0 Å². The first-order valence-corrected chi connectivity index (χ1v) is 6.26. The second-order valence-electron chi connectivity index (χ2n) is 4.00. The number of hydrogen-bond acceptors (Lipinski definition) is 3. The molecule has 0 atom stereocenters. The highest BCUT2D eigenvalue weighted by Gasteiger charge is 2.08. The van der Waals surface area contributed by atoms with Gasteiger partial charge < -0.3 is 9.47 Å². The number of ether oxygens (including phenoxy) is 2. The van der Waals surface area contributed by atoms with E-state index in [2.05, 4.69) is 18.7 Å². The lowest BCUT2D eigenvalue weighted by molar-refractivity contribution is -0.143. The van der Waals surface area contributed by atoms with Crippen LogP contribution in [0.5, 0.6) is 0 Å².